The van der Waals surface area contributed by atoms with E-state index in [0.717, 1.165) is 25.7 Å². The Balaban J connectivity index is 2.19. The van der Waals surface area contributed by atoms with Crippen LogP contribution in [0.4, 0.5) is 0 Å². The number of carbonyl (C=O) groups is 2. The van der Waals surface area contributed by atoms with Crippen LogP contribution in [-0.4, -0.2) is 34.3 Å². The average Bonchev–Trinajstić information content (AvgIpc) is 3.21. The fourth-order valence-corrected chi connectivity index (χ4v) is 3.37. The van der Waals surface area contributed by atoms with Gasteiger partial charge in [-0.2, -0.15) is 0 Å². The highest BCUT2D eigenvalue weighted by Crippen LogP contribution is 2.42. The van der Waals surface area contributed by atoms with Crippen LogP contribution in [0.25, 0.3) is 0 Å². The number of hydrogen-bond donors (Lipinski definition) is 1. The molecule has 20 heavy (non-hydrogen) atoms. The van der Waals surface area contributed by atoms with Crippen molar-refractivity contribution < 1.29 is 9.59 Å². The third-order valence-electron chi connectivity index (χ3n) is 5.17. The highest BCUT2D eigenvalue weighted by molar-refractivity contribution is 6.00. The molecular weight excluding hydrogens is 252 g/mol. The predicted octanol–water partition coefficient (Wildman–Crippen LogP) is 2.33. The van der Waals surface area contributed by atoms with Crippen LogP contribution in [0.5, 0.6) is 0 Å². The third kappa shape index (κ3) is 2.57. The highest BCUT2D eigenvalue weighted by Gasteiger charge is 2.55. The molecule has 4 nitrogen and oxygen atoms in total. The van der Waals surface area contributed by atoms with Crippen molar-refractivity contribution in [2.24, 2.45) is 11.8 Å². The van der Waals surface area contributed by atoms with E-state index < -0.39 is 5.54 Å². The van der Waals surface area contributed by atoms with Crippen molar-refractivity contribution in [2.45, 2.75) is 77.9 Å². The van der Waals surface area contributed by atoms with Gasteiger partial charge in [0.1, 0.15) is 11.6 Å². The fourth-order valence-electron chi connectivity index (χ4n) is 3.37. The molecule has 1 saturated heterocycles. The van der Waals surface area contributed by atoms with Crippen LogP contribution in [0, 0.1) is 11.8 Å². The van der Waals surface area contributed by atoms with Crippen LogP contribution in [0.3, 0.4) is 0 Å². The maximum Gasteiger partial charge on any atom is 0.249 e. The molecule has 1 aliphatic heterocycles. The molecule has 0 aromatic heterocycles. The van der Waals surface area contributed by atoms with Gasteiger partial charge in [-0.1, -0.05) is 20.3 Å². The summed E-state index contributed by atoms with van der Waals surface area (Å²) in [5, 5.41) is 2.98. The van der Waals surface area contributed by atoms with Gasteiger partial charge in [0.05, 0.1) is 0 Å². The molecule has 0 bridgehead atoms. The van der Waals surface area contributed by atoms with Gasteiger partial charge in [-0.15, -0.1) is 0 Å². The van der Waals surface area contributed by atoms with Crippen molar-refractivity contribution in [3.8, 4) is 0 Å². The Morgan fingerprint density at radius 1 is 1.35 bits per heavy atom. The van der Waals surface area contributed by atoms with Crippen molar-refractivity contribution in [3.63, 3.8) is 0 Å². The lowest BCUT2D eigenvalue weighted by molar-refractivity contribution is -0.157. The smallest absolute Gasteiger partial charge is 0.249 e. The topological polar surface area (TPSA) is 49.4 Å². The van der Waals surface area contributed by atoms with Crippen molar-refractivity contribution in [2.75, 3.05) is 0 Å². The van der Waals surface area contributed by atoms with Crippen LogP contribution < -0.4 is 5.32 Å². The first-order chi connectivity index (χ1) is 9.31. The molecule has 0 radical (unpaired) electrons. The van der Waals surface area contributed by atoms with Crippen LogP contribution in [0.15, 0.2) is 0 Å². The van der Waals surface area contributed by atoms with Gasteiger partial charge in [0.2, 0.25) is 11.8 Å². The first-order valence-corrected chi connectivity index (χ1v) is 7.96. The SMILES string of the molecule is CCC(C)CC(C)N1C(=O)C(C)(C2CC2)NC(=O)C1C. The van der Waals surface area contributed by atoms with E-state index >= 15 is 0 Å². The van der Waals surface area contributed by atoms with Gasteiger partial charge in [-0.05, 0) is 51.9 Å². The van der Waals surface area contributed by atoms with Crippen LogP contribution >= 0.6 is 0 Å². The summed E-state index contributed by atoms with van der Waals surface area (Å²) >= 11 is 0. The second kappa shape index (κ2) is 5.38. The monoisotopic (exact) mass is 280 g/mol. The highest BCUT2D eigenvalue weighted by atomic mass is 16.2. The lowest BCUT2D eigenvalue weighted by Crippen LogP contribution is -2.71. The molecular formula is C16H28N2O2. The minimum atomic E-state index is -0.673. The van der Waals surface area contributed by atoms with Gasteiger partial charge < -0.3 is 10.2 Å². The minimum absolute atomic E-state index is 0.00463. The van der Waals surface area contributed by atoms with E-state index in [-0.39, 0.29) is 23.9 Å². The third-order valence-corrected chi connectivity index (χ3v) is 5.17. The number of amides is 2. The van der Waals surface area contributed by atoms with E-state index in [1.807, 2.05) is 18.7 Å². The summed E-state index contributed by atoms with van der Waals surface area (Å²) in [5.74, 6) is 1.00. The Bertz CT molecular complexity index is 405. The Morgan fingerprint density at radius 2 is 1.95 bits per heavy atom. The Hall–Kier alpha value is -1.06. The van der Waals surface area contributed by atoms with Crippen LogP contribution in [0.1, 0.15) is 60.3 Å². The molecule has 2 amide bonds. The quantitative estimate of drug-likeness (QED) is 0.840. The van der Waals surface area contributed by atoms with Gasteiger partial charge >= 0.3 is 0 Å². The molecule has 0 aromatic carbocycles. The zero-order valence-corrected chi connectivity index (χ0v) is 13.4. The molecule has 2 fully saturated rings. The van der Waals surface area contributed by atoms with E-state index in [0.29, 0.717) is 11.8 Å². The normalized spacial score (nSPS) is 33.9. The van der Waals surface area contributed by atoms with Crippen molar-refractivity contribution in [1.29, 1.82) is 0 Å². The lowest BCUT2D eigenvalue weighted by atomic mass is 9.87. The molecule has 1 saturated carbocycles. The number of nitrogens with zero attached hydrogens (tertiary/aromatic N) is 1. The zero-order chi connectivity index (χ0) is 15.1. The summed E-state index contributed by atoms with van der Waals surface area (Å²) in [6.07, 6.45) is 4.16. The summed E-state index contributed by atoms with van der Waals surface area (Å²) in [7, 11) is 0. The maximum atomic E-state index is 12.9. The molecule has 0 aromatic rings. The molecule has 4 heteroatoms. The van der Waals surface area contributed by atoms with Gasteiger partial charge in [0.15, 0.2) is 0 Å². The number of rotatable bonds is 5. The van der Waals surface area contributed by atoms with Crippen LogP contribution in [-0.2, 0) is 9.59 Å². The van der Waals surface area contributed by atoms with Crippen molar-refractivity contribution in [1.82, 2.24) is 10.2 Å². The molecule has 114 valence electrons. The Morgan fingerprint density at radius 3 is 2.45 bits per heavy atom. The maximum absolute atomic E-state index is 12.9. The molecule has 0 spiro atoms. The van der Waals surface area contributed by atoms with Crippen LogP contribution in [0.2, 0.25) is 0 Å². The standard InChI is InChI=1S/C16H28N2O2/c1-6-10(2)9-11(3)18-12(4)14(19)17-16(5,15(18)20)13-7-8-13/h10-13H,6-9H2,1-5H3,(H,17,19). The molecule has 1 aliphatic carbocycles. The largest absolute Gasteiger partial charge is 0.340 e. The first kappa shape index (κ1) is 15.3. The van der Waals surface area contributed by atoms with E-state index in [9.17, 15) is 9.59 Å². The summed E-state index contributed by atoms with van der Waals surface area (Å²) in [5.41, 5.74) is -0.673. The van der Waals surface area contributed by atoms with E-state index in [1.54, 1.807) is 0 Å². The van der Waals surface area contributed by atoms with Gasteiger partial charge in [-0.3, -0.25) is 9.59 Å². The summed E-state index contributed by atoms with van der Waals surface area (Å²) in [4.78, 5) is 27.0. The first-order valence-electron chi connectivity index (χ1n) is 7.96. The minimum Gasteiger partial charge on any atom is -0.340 e. The molecule has 1 heterocycles. The number of nitrogens with one attached hydrogen (secondary N) is 1. The average molecular weight is 280 g/mol. The number of piperazine rings is 1. The second-order valence-corrected chi connectivity index (χ2v) is 6.95. The molecule has 1 N–H and O–H groups in total. The Kier molecular flexibility index (Phi) is 4.12. The number of carbonyl (C=O) groups excluding carboxylic acids is 2. The summed E-state index contributed by atoms with van der Waals surface area (Å²) < 4.78 is 0. The predicted molar refractivity (Wildman–Crippen MR) is 79.1 cm³/mol. The van der Waals surface area contributed by atoms with E-state index in [1.165, 1.54) is 0 Å². The molecule has 2 aliphatic rings. The Labute approximate surface area is 122 Å². The molecule has 2 rings (SSSR count). The lowest BCUT2D eigenvalue weighted by Gasteiger charge is -2.46. The van der Waals surface area contributed by atoms with Gasteiger partial charge in [0, 0.05) is 6.04 Å². The fraction of sp³-hybridized carbons (Fsp3) is 0.875. The van der Waals surface area contributed by atoms with E-state index in [4.69, 9.17) is 0 Å². The van der Waals surface area contributed by atoms with Crippen molar-refractivity contribution in [3.05, 3.63) is 0 Å². The van der Waals surface area contributed by atoms with Crippen molar-refractivity contribution >= 4 is 11.8 Å². The molecule has 4 unspecified atom stereocenters. The van der Waals surface area contributed by atoms with E-state index in [2.05, 4.69) is 26.1 Å². The van der Waals surface area contributed by atoms with Gasteiger partial charge in [-0.25, -0.2) is 0 Å². The summed E-state index contributed by atoms with van der Waals surface area (Å²) in [6.45, 7) is 10.2. The second-order valence-electron chi connectivity index (χ2n) is 6.95. The number of hydrogen-bond acceptors (Lipinski definition) is 2. The zero-order valence-electron chi connectivity index (χ0n) is 13.4. The van der Waals surface area contributed by atoms with Gasteiger partial charge in [0.25, 0.3) is 0 Å². The molecule has 4 atom stereocenters. The summed E-state index contributed by atoms with van der Waals surface area (Å²) in [6, 6.07) is -0.232.